The van der Waals surface area contributed by atoms with Crippen molar-refractivity contribution in [2.24, 2.45) is 5.92 Å². The molecule has 0 bridgehead atoms. The third-order valence-electron chi connectivity index (χ3n) is 3.93. The van der Waals surface area contributed by atoms with Gasteiger partial charge in [0, 0.05) is 19.0 Å². The summed E-state index contributed by atoms with van der Waals surface area (Å²) in [6, 6.07) is -0.545. The summed E-state index contributed by atoms with van der Waals surface area (Å²) in [6.45, 7) is 7.42. The average Bonchev–Trinajstić information content (AvgIpc) is 2.38. The lowest BCUT2D eigenvalue weighted by Crippen LogP contribution is -2.51. The molecule has 1 fully saturated rings. The number of nitrogens with one attached hydrogen (secondary N) is 1. The molecular formula is C14H26N2O3. The largest absolute Gasteiger partial charge is 0.480 e. The fourth-order valence-corrected chi connectivity index (χ4v) is 2.74. The van der Waals surface area contributed by atoms with E-state index >= 15 is 0 Å². The molecule has 1 aliphatic heterocycles. The van der Waals surface area contributed by atoms with E-state index in [0.717, 1.165) is 19.4 Å². The van der Waals surface area contributed by atoms with E-state index in [-0.39, 0.29) is 11.9 Å². The number of aliphatic carboxylic acids is 1. The number of likely N-dealkylation sites (tertiary alicyclic amines) is 1. The minimum absolute atomic E-state index is 0.0459. The molecule has 110 valence electrons. The van der Waals surface area contributed by atoms with E-state index in [2.05, 4.69) is 12.2 Å². The summed E-state index contributed by atoms with van der Waals surface area (Å²) in [4.78, 5) is 25.1. The summed E-state index contributed by atoms with van der Waals surface area (Å²) < 4.78 is 0. The van der Waals surface area contributed by atoms with E-state index in [1.807, 2.05) is 13.8 Å². The van der Waals surface area contributed by atoms with Crippen LogP contribution in [0.3, 0.4) is 0 Å². The van der Waals surface area contributed by atoms with Gasteiger partial charge in [-0.05, 0) is 32.2 Å². The standard InChI is InChI=1S/C14H26N2O3/c1-4-11-6-7-16(12(9-11)14(18)19)13(17)8-10(3)15-5-2/h10-12,15H,4-9H2,1-3H3,(H,18,19). The van der Waals surface area contributed by atoms with E-state index in [1.54, 1.807) is 4.90 Å². The number of carboxylic acid groups (broad SMARTS) is 1. The Kier molecular flexibility index (Phi) is 6.28. The van der Waals surface area contributed by atoms with Crippen molar-refractivity contribution in [3.63, 3.8) is 0 Å². The molecule has 3 unspecified atom stereocenters. The Bertz CT molecular complexity index is 320. The van der Waals surface area contributed by atoms with Crippen LogP contribution in [0.5, 0.6) is 0 Å². The van der Waals surface area contributed by atoms with Crippen molar-refractivity contribution in [2.75, 3.05) is 13.1 Å². The minimum Gasteiger partial charge on any atom is -0.480 e. The van der Waals surface area contributed by atoms with Gasteiger partial charge in [0.05, 0.1) is 0 Å². The molecule has 0 aromatic heterocycles. The first-order valence-corrected chi connectivity index (χ1v) is 7.25. The van der Waals surface area contributed by atoms with Crippen LogP contribution in [0.15, 0.2) is 0 Å². The van der Waals surface area contributed by atoms with Gasteiger partial charge in [0.1, 0.15) is 6.04 Å². The number of carbonyl (C=O) groups excluding carboxylic acids is 1. The molecule has 0 aromatic carbocycles. The normalized spacial score (nSPS) is 25.1. The van der Waals surface area contributed by atoms with Crippen LogP contribution in [0.4, 0.5) is 0 Å². The topological polar surface area (TPSA) is 69.6 Å². The molecule has 1 amide bonds. The first-order chi connectivity index (χ1) is 8.99. The summed E-state index contributed by atoms with van der Waals surface area (Å²) in [5.41, 5.74) is 0. The molecular weight excluding hydrogens is 244 g/mol. The number of carbonyl (C=O) groups is 2. The van der Waals surface area contributed by atoms with Gasteiger partial charge in [0.25, 0.3) is 0 Å². The van der Waals surface area contributed by atoms with Crippen LogP contribution in [-0.4, -0.2) is 47.1 Å². The monoisotopic (exact) mass is 270 g/mol. The summed E-state index contributed by atoms with van der Waals surface area (Å²) in [5.74, 6) is -0.491. The second kappa shape index (κ2) is 7.48. The highest BCUT2D eigenvalue weighted by atomic mass is 16.4. The van der Waals surface area contributed by atoms with Gasteiger partial charge in [0.2, 0.25) is 5.91 Å². The highest BCUT2D eigenvalue weighted by Gasteiger charge is 2.35. The molecule has 1 aliphatic rings. The molecule has 1 heterocycles. The number of hydrogen-bond acceptors (Lipinski definition) is 3. The predicted molar refractivity (Wildman–Crippen MR) is 73.9 cm³/mol. The number of nitrogens with zero attached hydrogens (tertiary/aromatic N) is 1. The van der Waals surface area contributed by atoms with Crippen molar-refractivity contribution in [1.82, 2.24) is 10.2 Å². The van der Waals surface area contributed by atoms with Crippen LogP contribution in [0, 0.1) is 5.92 Å². The lowest BCUT2D eigenvalue weighted by molar-refractivity contribution is -0.153. The second-order valence-corrected chi connectivity index (χ2v) is 5.40. The van der Waals surface area contributed by atoms with Crippen LogP contribution < -0.4 is 5.32 Å². The zero-order valence-electron chi connectivity index (χ0n) is 12.2. The van der Waals surface area contributed by atoms with Gasteiger partial charge in [-0.25, -0.2) is 4.79 Å². The maximum atomic E-state index is 12.2. The zero-order valence-corrected chi connectivity index (χ0v) is 12.2. The van der Waals surface area contributed by atoms with Crippen LogP contribution >= 0.6 is 0 Å². The number of rotatable bonds is 6. The van der Waals surface area contributed by atoms with E-state index in [4.69, 9.17) is 0 Å². The fraction of sp³-hybridized carbons (Fsp3) is 0.857. The Morgan fingerprint density at radius 2 is 2.11 bits per heavy atom. The first kappa shape index (κ1) is 16.0. The Labute approximate surface area is 115 Å². The van der Waals surface area contributed by atoms with Crippen molar-refractivity contribution in [2.45, 2.75) is 58.5 Å². The Morgan fingerprint density at radius 1 is 1.42 bits per heavy atom. The summed E-state index contributed by atoms with van der Waals surface area (Å²) in [6.07, 6.45) is 2.86. The summed E-state index contributed by atoms with van der Waals surface area (Å²) >= 11 is 0. The third-order valence-corrected chi connectivity index (χ3v) is 3.93. The van der Waals surface area contributed by atoms with Crippen molar-refractivity contribution in [3.05, 3.63) is 0 Å². The van der Waals surface area contributed by atoms with Crippen LogP contribution in [-0.2, 0) is 9.59 Å². The van der Waals surface area contributed by atoms with Gasteiger partial charge >= 0.3 is 5.97 Å². The van der Waals surface area contributed by atoms with Crippen molar-refractivity contribution < 1.29 is 14.7 Å². The van der Waals surface area contributed by atoms with Gasteiger partial charge in [0.15, 0.2) is 0 Å². The first-order valence-electron chi connectivity index (χ1n) is 7.25. The van der Waals surface area contributed by atoms with Gasteiger partial charge in [-0.15, -0.1) is 0 Å². The van der Waals surface area contributed by atoms with Crippen LogP contribution in [0.1, 0.15) is 46.5 Å². The highest BCUT2D eigenvalue weighted by Crippen LogP contribution is 2.26. The molecule has 5 nitrogen and oxygen atoms in total. The van der Waals surface area contributed by atoms with Gasteiger partial charge < -0.3 is 15.3 Å². The molecule has 2 N–H and O–H groups in total. The Hall–Kier alpha value is -1.10. The van der Waals surface area contributed by atoms with Gasteiger partial charge in [-0.3, -0.25) is 4.79 Å². The van der Waals surface area contributed by atoms with E-state index in [0.29, 0.717) is 25.3 Å². The molecule has 3 atom stereocenters. The number of carboxylic acids is 1. The maximum absolute atomic E-state index is 12.2. The lowest BCUT2D eigenvalue weighted by Gasteiger charge is -2.37. The third kappa shape index (κ3) is 4.49. The molecule has 0 radical (unpaired) electrons. The van der Waals surface area contributed by atoms with E-state index < -0.39 is 12.0 Å². The number of piperidine rings is 1. The highest BCUT2D eigenvalue weighted by molar-refractivity contribution is 5.84. The Morgan fingerprint density at radius 3 is 2.63 bits per heavy atom. The maximum Gasteiger partial charge on any atom is 0.326 e. The van der Waals surface area contributed by atoms with E-state index in [1.165, 1.54) is 0 Å². The number of amides is 1. The second-order valence-electron chi connectivity index (χ2n) is 5.40. The van der Waals surface area contributed by atoms with Crippen LogP contribution in [0.25, 0.3) is 0 Å². The van der Waals surface area contributed by atoms with Gasteiger partial charge in [-0.1, -0.05) is 20.3 Å². The van der Waals surface area contributed by atoms with Crippen LogP contribution in [0.2, 0.25) is 0 Å². The molecule has 0 saturated carbocycles. The van der Waals surface area contributed by atoms with Crippen molar-refractivity contribution in [3.8, 4) is 0 Å². The average molecular weight is 270 g/mol. The minimum atomic E-state index is -0.873. The summed E-state index contributed by atoms with van der Waals surface area (Å²) in [7, 11) is 0. The van der Waals surface area contributed by atoms with Gasteiger partial charge in [-0.2, -0.15) is 0 Å². The molecule has 5 heteroatoms. The smallest absolute Gasteiger partial charge is 0.326 e. The lowest BCUT2D eigenvalue weighted by atomic mass is 9.88. The molecule has 0 spiro atoms. The summed E-state index contributed by atoms with van der Waals surface area (Å²) in [5, 5.41) is 12.5. The van der Waals surface area contributed by atoms with E-state index in [9.17, 15) is 14.7 Å². The fourth-order valence-electron chi connectivity index (χ4n) is 2.74. The molecule has 1 rings (SSSR count). The quantitative estimate of drug-likeness (QED) is 0.767. The molecule has 1 saturated heterocycles. The Balaban J connectivity index is 2.63. The molecule has 0 aromatic rings. The van der Waals surface area contributed by atoms with Crippen molar-refractivity contribution >= 4 is 11.9 Å². The SMILES string of the molecule is CCNC(C)CC(=O)N1CCC(CC)CC1C(=O)O. The van der Waals surface area contributed by atoms with Crippen molar-refractivity contribution in [1.29, 1.82) is 0 Å². The molecule has 19 heavy (non-hydrogen) atoms. The predicted octanol–water partition coefficient (Wildman–Crippen LogP) is 1.48. The zero-order chi connectivity index (χ0) is 14.4. The molecule has 0 aliphatic carbocycles. The number of hydrogen-bond donors (Lipinski definition) is 2.